The molecule has 1 aromatic heterocycles. The first kappa shape index (κ1) is 11.8. The van der Waals surface area contributed by atoms with Crippen molar-refractivity contribution in [2.24, 2.45) is 0 Å². The van der Waals surface area contributed by atoms with Crippen molar-refractivity contribution in [3.8, 4) is 5.75 Å². The van der Waals surface area contributed by atoms with E-state index >= 15 is 0 Å². The first-order chi connectivity index (χ1) is 7.65. The molecule has 0 saturated carbocycles. The zero-order chi connectivity index (χ0) is 11.5. The average Bonchev–Trinajstić information content (AvgIpc) is 2.63. The quantitative estimate of drug-likeness (QED) is 0.855. The molecule has 0 aliphatic heterocycles. The van der Waals surface area contributed by atoms with Crippen LogP contribution in [-0.4, -0.2) is 0 Å². The van der Waals surface area contributed by atoms with Crippen LogP contribution in [0.4, 0.5) is 5.69 Å². The summed E-state index contributed by atoms with van der Waals surface area (Å²) in [7, 11) is 0. The van der Waals surface area contributed by atoms with E-state index in [1.807, 2.05) is 11.4 Å². The molecule has 1 heterocycles. The third-order valence-corrected chi connectivity index (χ3v) is 3.87. The molecule has 2 N–H and O–H groups in total. The minimum absolute atomic E-state index is 0.516. The van der Waals surface area contributed by atoms with E-state index < -0.39 is 0 Å². The summed E-state index contributed by atoms with van der Waals surface area (Å²) in [5, 5.41) is 2.63. The monoisotopic (exact) mass is 317 g/mol. The van der Waals surface area contributed by atoms with E-state index in [1.165, 1.54) is 0 Å². The van der Waals surface area contributed by atoms with E-state index in [-0.39, 0.29) is 0 Å². The van der Waals surface area contributed by atoms with Gasteiger partial charge in [-0.05, 0) is 40.2 Å². The lowest BCUT2D eigenvalue weighted by atomic mass is 10.3. The second-order valence-corrected chi connectivity index (χ2v) is 5.55. The van der Waals surface area contributed by atoms with Gasteiger partial charge in [-0.15, -0.1) is 11.3 Å². The fraction of sp³-hybridized carbons (Fsp3) is 0.0909. The number of nitrogen functional groups attached to an aromatic ring is 1. The Balaban J connectivity index is 2.04. The van der Waals surface area contributed by atoms with Crippen molar-refractivity contribution >= 4 is 44.6 Å². The molecule has 0 aliphatic carbocycles. The predicted octanol–water partition coefficient (Wildman–Crippen LogP) is 4.33. The zero-order valence-corrected chi connectivity index (χ0v) is 11.4. The number of anilines is 1. The molecule has 0 amide bonds. The second kappa shape index (κ2) is 5.08. The van der Waals surface area contributed by atoms with Crippen molar-refractivity contribution in [2.45, 2.75) is 6.61 Å². The second-order valence-electron chi connectivity index (χ2n) is 3.20. The topological polar surface area (TPSA) is 35.2 Å². The molecular weight excluding hydrogens is 310 g/mol. The SMILES string of the molecule is Nc1cc(Cl)ccc1OCc1cc(Br)cs1. The summed E-state index contributed by atoms with van der Waals surface area (Å²) in [6, 6.07) is 7.25. The highest BCUT2D eigenvalue weighted by molar-refractivity contribution is 9.10. The van der Waals surface area contributed by atoms with E-state index in [1.54, 1.807) is 29.5 Å². The van der Waals surface area contributed by atoms with Gasteiger partial charge < -0.3 is 10.5 Å². The number of halogens is 2. The van der Waals surface area contributed by atoms with Gasteiger partial charge in [-0.25, -0.2) is 0 Å². The lowest BCUT2D eigenvalue weighted by Crippen LogP contribution is -1.96. The Morgan fingerprint density at radius 2 is 2.19 bits per heavy atom. The number of thiophene rings is 1. The smallest absolute Gasteiger partial charge is 0.142 e. The molecule has 0 spiro atoms. The molecule has 1 aromatic carbocycles. The molecule has 16 heavy (non-hydrogen) atoms. The largest absolute Gasteiger partial charge is 0.486 e. The van der Waals surface area contributed by atoms with Crippen LogP contribution < -0.4 is 10.5 Å². The van der Waals surface area contributed by atoms with Gasteiger partial charge in [0.15, 0.2) is 0 Å². The van der Waals surface area contributed by atoms with E-state index in [9.17, 15) is 0 Å². The fourth-order valence-electron chi connectivity index (χ4n) is 1.23. The summed E-state index contributed by atoms with van der Waals surface area (Å²) >= 11 is 10.8. The number of benzene rings is 1. The van der Waals surface area contributed by atoms with Crippen LogP contribution in [0.5, 0.6) is 5.75 Å². The van der Waals surface area contributed by atoms with Crippen molar-refractivity contribution < 1.29 is 4.74 Å². The van der Waals surface area contributed by atoms with E-state index in [0.717, 1.165) is 9.35 Å². The van der Waals surface area contributed by atoms with Gasteiger partial charge in [0.05, 0.1) is 5.69 Å². The van der Waals surface area contributed by atoms with Crippen molar-refractivity contribution in [2.75, 3.05) is 5.73 Å². The van der Waals surface area contributed by atoms with Crippen LogP contribution in [-0.2, 0) is 6.61 Å². The van der Waals surface area contributed by atoms with Gasteiger partial charge in [0.2, 0.25) is 0 Å². The van der Waals surface area contributed by atoms with Crippen molar-refractivity contribution in [1.82, 2.24) is 0 Å². The van der Waals surface area contributed by atoms with Crippen LogP contribution in [0.25, 0.3) is 0 Å². The Bertz CT molecular complexity index is 500. The summed E-state index contributed by atoms with van der Waals surface area (Å²) in [6.07, 6.45) is 0. The first-order valence-corrected chi connectivity index (χ1v) is 6.61. The Morgan fingerprint density at radius 3 is 2.81 bits per heavy atom. The fourth-order valence-corrected chi connectivity index (χ4v) is 2.77. The average molecular weight is 319 g/mol. The highest BCUT2D eigenvalue weighted by Crippen LogP contribution is 2.27. The number of ether oxygens (including phenoxy) is 1. The number of hydrogen-bond donors (Lipinski definition) is 1. The Hall–Kier alpha value is -0.710. The summed E-state index contributed by atoms with van der Waals surface area (Å²) in [5.41, 5.74) is 6.33. The van der Waals surface area contributed by atoms with Gasteiger partial charge in [0, 0.05) is 19.8 Å². The lowest BCUT2D eigenvalue weighted by molar-refractivity contribution is 0.311. The minimum Gasteiger partial charge on any atom is -0.486 e. The van der Waals surface area contributed by atoms with Gasteiger partial charge in [-0.3, -0.25) is 0 Å². The predicted molar refractivity (Wildman–Crippen MR) is 72.2 cm³/mol. The van der Waals surface area contributed by atoms with Gasteiger partial charge in [0.1, 0.15) is 12.4 Å². The molecule has 0 aliphatic rings. The molecular formula is C11H9BrClNOS. The van der Waals surface area contributed by atoms with Crippen LogP contribution in [0.3, 0.4) is 0 Å². The maximum Gasteiger partial charge on any atom is 0.142 e. The molecule has 0 unspecified atom stereocenters. The van der Waals surface area contributed by atoms with E-state index in [0.29, 0.717) is 23.1 Å². The van der Waals surface area contributed by atoms with E-state index in [2.05, 4.69) is 15.9 Å². The van der Waals surface area contributed by atoms with Gasteiger partial charge in [-0.2, -0.15) is 0 Å². The summed E-state index contributed by atoms with van der Waals surface area (Å²) in [4.78, 5) is 1.14. The minimum atomic E-state index is 0.516. The zero-order valence-electron chi connectivity index (χ0n) is 8.24. The normalized spacial score (nSPS) is 10.4. The summed E-state index contributed by atoms with van der Waals surface area (Å²) in [6.45, 7) is 0.516. The molecule has 84 valence electrons. The Kier molecular flexibility index (Phi) is 3.74. The molecule has 5 heteroatoms. The molecule has 2 rings (SSSR count). The highest BCUT2D eigenvalue weighted by Gasteiger charge is 2.03. The lowest BCUT2D eigenvalue weighted by Gasteiger charge is -2.07. The van der Waals surface area contributed by atoms with Crippen LogP contribution in [0, 0.1) is 0 Å². The third-order valence-electron chi connectivity index (χ3n) is 1.96. The first-order valence-electron chi connectivity index (χ1n) is 4.56. The maximum absolute atomic E-state index is 5.80. The van der Waals surface area contributed by atoms with Crippen LogP contribution >= 0.6 is 38.9 Å². The summed E-state index contributed by atoms with van der Waals surface area (Å²) in [5.74, 6) is 0.661. The van der Waals surface area contributed by atoms with E-state index in [4.69, 9.17) is 22.1 Å². The number of nitrogens with two attached hydrogens (primary N) is 1. The van der Waals surface area contributed by atoms with Gasteiger partial charge >= 0.3 is 0 Å². The van der Waals surface area contributed by atoms with Gasteiger partial charge in [0.25, 0.3) is 0 Å². The molecule has 2 aromatic rings. The van der Waals surface area contributed by atoms with Crippen LogP contribution in [0.1, 0.15) is 4.88 Å². The molecule has 0 fully saturated rings. The van der Waals surface area contributed by atoms with Gasteiger partial charge in [-0.1, -0.05) is 11.6 Å². The van der Waals surface area contributed by atoms with Crippen LogP contribution in [0.2, 0.25) is 5.02 Å². The molecule has 2 nitrogen and oxygen atoms in total. The maximum atomic E-state index is 5.80. The molecule has 0 radical (unpaired) electrons. The Morgan fingerprint density at radius 1 is 1.38 bits per heavy atom. The Labute approximate surface area is 111 Å². The standard InChI is InChI=1S/C11H9BrClNOS/c12-7-3-9(16-6-7)5-15-11-2-1-8(13)4-10(11)14/h1-4,6H,5,14H2. The third kappa shape index (κ3) is 2.90. The molecule has 0 bridgehead atoms. The molecule has 0 saturated heterocycles. The molecule has 0 atom stereocenters. The number of hydrogen-bond acceptors (Lipinski definition) is 3. The van der Waals surface area contributed by atoms with Crippen molar-refractivity contribution in [3.05, 3.63) is 44.0 Å². The summed E-state index contributed by atoms with van der Waals surface area (Å²) < 4.78 is 6.67. The van der Waals surface area contributed by atoms with Crippen molar-refractivity contribution in [3.63, 3.8) is 0 Å². The van der Waals surface area contributed by atoms with Crippen LogP contribution in [0.15, 0.2) is 34.1 Å². The number of rotatable bonds is 3. The van der Waals surface area contributed by atoms with Crippen molar-refractivity contribution in [1.29, 1.82) is 0 Å². The highest BCUT2D eigenvalue weighted by atomic mass is 79.9.